The lowest BCUT2D eigenvalue weighted by atomic mass is 9.97. The van der Waals surface area contributed by atoms with Crippen molar-refractivity contribution in [3.63, 3.8) is 0 Å². The van der Waals surface area contributed by atoms with Gasteiger partial charge in [0.15, 0.2) is 0 Å². The van der Waals surface area contributed by atoms with Crippen LogP contribution in [0.4, 0.5) is 5.69 Å². The number of pyridine rings is 1. The van der Waals surface area contributed by atoms with Crippen LogP contribution in [0.5, 0.6) is 0 Å². The van der Waals surface area contributed by atoms with Gasteiger partial charge in [-0.2, -0.15) is 0 Å². The lowest BCUT2D eigenvalue weighted by Gasteiger charge is -2.35. The Kier molecular flexibility index (Phi) is 4.85. The first-order chi connectivity index (χ1) is 13.2. The fourth-order valence-corrected chi connectivity index (χ4v) is 4.06. The molecule has 3 heterocycles. The summed E-state index contributed by atoms with van der Waals surface area (Å²) in [7, 11) is 0. The summed E-state index contributed by atoms with van der Waals surface area (Å²) in [6.07, 6.45) is 5.39. The van der Waals surface area contributed by atoms with Gasteiger partial charge in [0.25, 0.3) is 0 Å². The molecule has 1 aromatic carbocycles. The summed E-state index contributed by atoms with van der Waals surface area (Å²) in [6, 6.07) is 12.0. The Labute approximate surface area is 162 Å². The maximum Gasteiger partial charge on any atom is 0.245 e. The van der Waals surface area contributed by atoms with E-state index in [1.54, 1.807) is 12.4 Å². The van der Waals surface area contributed by atoms with Crippen molar-refractivity contribution in [3.8, 4) is 11.3 Å². The molecule has 7 heteroatoms. The van der Waals surface area contributed by atoms with Crippen molar-refractivity contribution in [2.24, 2.45) is 0 Å². The number of benzene rings is 1. The van der Waals surface area contributed by atoms with Gasteiger partial charge in [0.1, 0.15) is 11.2 Å². The highest BCUT2D eigenvalue weighted by Crippen LogP contribution is 2.34. The Bertz CT molecular complexity index is 898. The Balaban J connectivity index is 1.42. The second kappa shape index (κ2) is 7.44. The number of amides is 1. The third-order valence-corrected chi connectivity index (χ3v) is 5.67. The van der Waals surface area contributed by atoms with Crippen LogP contribution in [-0.4, -0.2) is 32.6 Å². The first-order valence-electron chi connectivity index (χ1n) is 8.99. The minimum Gasteiger partial charge on any atom is -0.357 e. The van der Waals surface area contributed by atoms with E-state index in [0.29, 0.717) is 6.54 Å². The van der Waals surface area contributed by atoms with Crippen molar-refractivity contribution < 1.29 is 4.79 Å². The van der Waals surface area contributed by atoms with Crippen LogP contribution in [0.25, 0.3) is 11.3 Å². The van der Waals surface area contributed by atoms with E-state index in [1.807, 2.05) is 48.7 Å². The summed E-state index contributed by atoms with van der Waals surface area (Å²) in [6.45, 7) is 3.41. The van der Waals surface area contributed by atoms with Gasteiger partial charge in [0.2, 0.25) is 5.91 Å². The number of carbonyl (C=O) groups is 1. The summed E-state index contributed by atoms with van der Waals surface area (Å²) in [5.41, 5.74) is 3.48. The van der Waals surface area contributed by atoms with Gasteiger partial charge >= 0.3 is 0 Å². The molecule has 0 radical (unpaired) electrons. The lowest BCUT2D eigenvalue weighted by molar-refractivity contribution is -0.125. The molecule has 1 atom stereocenters. The minimum atomic E-state index is -0.534. The molecule has 0 unspecified atom stereocenters. The van der Waals surface area contributed by atoms with E-state index in [4.69, 9.17) is 0 Å². The van der Waals surface area contributed by atoms with Gasteiger partial charge in [0, 0.05) is 42.1 Å². The SMILES string of the molecule is C[C@@]1(C(=O)NCc2ccc(-c3csnn3)cc2)CCCN1c1ccncc1. The summed E-state index contributed by atoms with van der Waals surface area (Å²) in [4.78, 5) is 19.3. The first-order valence-corrected chi connectivity index (χ1v) is 9.83. The van der Waals surface area contributed by atoms with Crippen LogP contribution >= 0.6 is 11.5 Å². The normalized spacial score (nSPS) is 19.2. The molecule has 0 saturated carbocycles. The highest BCUT2D eigenvalue weighted by Gasteiger charge is 2.43. The molecule has 138 valence electrons. The number of nitrogens with one attached hydrogen (secondary N) is 1. The molecule has 0 aliphatic carbocycles. The van der Waals surface area contributed by atoms with E-state index >= 15 is 0 Å². The quantitative estimate of drug-likeness (QED) is 0.737. The van der Waals surface area contributed by atoms with Crippen molar-refractivity contribution in [1.29, 1.82) is 0 Å². The molecule has 2 aromatic heterocycles. The fraction of sp³-hybridized carbons (Fsp3) is 0.300. The van der Waals surface area contributed by atoms with E-state index < -0.39 is 5.54 Å². The van der Waals surface area contributed by atoms with E-state index in [-0.39, 0.29) is 5.91 Å². The standard InChI is InChI=1S/C20H21N5OS/c1-20(9-2-12-25(20)17-7-10-21-11-8-17)19(26)22-13-15-3-5-16(6-4-15)18-14-27-24-23-18/h3-8,10-11,14H,2,9,12-13H2,1H3,(H,22,26)/t20-/m0/s1. The molecule has 1 aliphatic heterocycles. The Morgan fingerprint density at radius 2 is 2.00 bits per heavy atom. The number of hydrogen-bond donors (Lipinski definition) is 1. The average Bonchev–Trinajstić information content (AvgIpc) is 3.38. The zero-order valence-corrected chi connectivity index (χ0v) is 15.9. The lowest BCUT2D eigenvalue weighted by Crippen LogP contribution is -2.53. The third-order valence-electron chi connectivity index (χ3n) is 5.17. The van der Waals surface area contributed by atoms with E-state index in [0.717, 1.165) is 41.9 Å². The predicted molar refractivity (Wildman–Crippen MR) is 106 cm³/mol. The van der Waals surface area contributed by atoms with E-state index in [1.165, 1.54) is 11.5 Å². The zero-order chi connectivity index (χ0) is 18.7. The van der Waals surface area contributed by atoms with Gasteiger partial charge in [-0.25, -0.2) is 0 Å². The van der Waals surface area contributed by atoms with E-state index in [9.17, 15) is 4.79 Å². The molecule has 0 bridgehead atoms. The van der Waals surface area contributed by atoms with Crippen LogP contribution in [0.2, 0.25) is 0 Å². The smallest absolute Gasteiger partial charge is 0.245 e. The summed E-state index contributed by atoms with van der Waals surface area (Å²) in [5, 5.41) is 9.11. The highest BCUT2D eigenvalue weighted by molar-refractivity contribution is 7.03. The molecule has 1 saturated heterocycles. The number of carbonyl (C=O) groups excluding carboxylic acids is 1. The van der Waals surface area contributed by atoms with Crippen LogP contribution in [0, 0.1) is 0 Å². The van der Waals surface area contributed by atoms with Crippen LogP contribution < -0.4 is 10.2 Å². The third kappa shape index (κ3) is 3.55. The number of hydrogen-bond acceptors (Lipinski definition) is 6. The van der Waals surface area contributed by atoms with Crippen molar-refractivity contribution in [1.82, 2.24) is 19.9 Å². The Hall–Kier alpha value is -2.80. The molecule has 0 spiro atoms. The van der Waals surface area contributed by atoms with Crippen molar-refractivity contribution in [2.45, 2.75) is 31.8 Å². The van der Waals surface area contributed by atoms with Crippen LogP contribution in [0.15, 0.2) is 54.2 Å². The van der Waals surface area contributed by atoms with Gasteiger partial charge in [0.05, 0.1) is 0 Å². The van der Waals surface area contributed by atoms with Gasteiger partial charge < -0.3 is 10.2 Å². The molecule has 1 aliphatic rings. The maximum absolute atomic E-state index is 13.0. The number of aromatic nitrogens is 3. The number of rotatable bonds is 5. The highest BCUT2D eigenvalue weighted by atomic mass is 32.1. The van der Waals surface area contributed by atoms with Crippen molar-refractivity contribution >= 4 is 23.1 Å². The number of anilines is 1. The Morgan fingerprint density at radius 3 is 2.70 bits per heavy atom. The summed E-state index contributed by atoms with van der Waals surface area (Å²) < 4.78 is 3.89. The zero-order valence-electron chi connectivity index (χ0n) is 15.1. The van der Waals surface area contributed by atoms with Crippen molar-refractivity contribution in [2.75, 3.05) is 11.4 Å². The number of nitrogens with zero attached hydrogens (tertiary/aromatic N) is 4. The predicted octanol–water partition coefficient (Wildman–Crippen LogP) is 3.28. The molecule has 6 nitrogen and oxygen atoms in total. The largest absolute Gasteiger partial charge is 0.357 e. The average molecular weight is 379 g/mol. The molecular weight excluding hydrogens is 358 g/mol. The minimum absolute atomic E-state index is 0.0598. The fourth-order valence-electron chi connectivity index (χ4n) is 3.59. The second-order valence-electron chi connectivity index (χ2n) is 6.90. The van der Waals surface area contributed by atoms with E-state index in [2.05, 4.69) is 24.8 Å². The van der Waals surface area contributed by atoms with Crippen LogP contribution in [0.1, 0.15) is 25.3 Å². The molecule has 4 rings (SSSR count). The van der Waals surface area contributed by atoms with Crippen LogP contribution in [-0.2, 0) is 11.3 Å². The van der Waals surface area contributed by atoms with Gasteiger partial charge in [-0.05, 0) is 49.0 Å². The van der Waals surface area contributed by atoms with Gasteiger partial charge in [-0.1, -0.05) is 28.8 Å². The summed E-state index contributed by atoms with van der Waals surface area (Å²) >= 11 is 1.34. The Morgan fingerprint density at radius 1 is 1.22 bits per heavy atom. The second-order valence-corrected chi connectivity index (χ2v) is 7.51. The molecule has 27 heavy (non-hydrogen) atoms. The molecule has 1 N–H and O–H groups in total. The monoisotopic (exact) mass is 379 g/mol. The topological polar surface area (TPSA) is 71.0 Å². The van der Waals surface area contributed by atoms with Gasteiger partial charge in [-0.3, -0.25) is 9.78 Å². The molecular formula is C20H21N5OS. The molecule has 3 aromatic rings. The van der Waals surface area contributed by atoms with Crippen molar-refractivity contribution in [3.05, 3.63) is 59.7 Å². The van der Waals surface area contributed by atoms with Crippen LogP contribution in [0.3, 0.4) is 0 Å². The molecule has 1 amide bonds. The maximum atomic E-state index is 13.0. The summed E-state index contributed by atoms with van der Waals surface area (Å²) in [5.74, 6) is 0.0598. The molecule has 1 fully saturated rings. The first kappa shape index (κ1) is 17.6. The van der Waals surface area contributed by atoms with Gasteiger partial charge in [-0.15, -0.1) is 5.10 Å².